The number of piperidine rings is 1. The third-order valence-corrected chi connectivity index (χ3v) is 3.71. The van der Waals surface area contributed by atoms with Crippen LogP contribution in [0.25, 0.3) is 0 Å². The molecule has 0 atom stereocenters. The molecule has 0 aromatic heterocycles. The Bertz CT molecular complexity index is 426. The molecule has 1 aliphatic rings. The number of amides is 1. The predicted octanol–water partition coefficient (Wildman–Crippen LogP) is 3.03. The van der Waals surface area contributed by atoms with E-state index >= 15 is 0 Å². The minimum Gasteiger partial charge on any atom is -0.449 e. The summed E-state index contributed by atoms with van der Waals surface area (Å²) in [7, 11) is 0. The van der Waals surface area contributed by atoms with E-state index in [0.717, 1.165) is 32.5 Å². The van der Waals surface area contributed by atoms with E-state index in [9.17, 15) is 4.79 Å². The number of nitrogens with zero attached hydrogens (tertiary/aromatic N) is 1. The average molecular weight is 290 g/mol. The van der Waals surface area contributed by atoms with Crippen molar-refractivity contribution < 1.29 is 9.53 Å². The number of benzene rings is 1. The molecule has 2 rings (SSSR count). The van der Waals surface area contributed by atoms with Crippen LogP contribution in [-0.4, -0.2) is 36.7 Å². The van der Waals surface area contributed by atoms with Crippen molar-refractivity contribution in [1.29, 1.82) is 0 Å². The van der Waals surface area contributed by atoms with Gasteiger partial charge in [0.25, 0.3) is 0 Å². The Kier molecular flexibility index (Phi) is 6.05. The Morgan fingerprint density at radius 2 is 1.95 bits per heavy atom. The van der Waals surface area contributed by atoms with Crippen molar-refractivity contribution in [3.05, 3.63) is 35.9 Å². The smallest absolute Gasteiger partial charge is 0.407 e. The average Bonchev–Trinajstić information content (AvgIpc) is 2.48. The molecule has 4 nitrogen and oxygen atoms in total. The zero-order chi connectivity index (χ0) is 15.1. The van der Waals surface area contributed by atoms with Crippen LogP contribution in [0.15, 0.2) is 30.3 Å². The van der Waals surface area contributed by atoms with Gasteiger partial charge in [-0.25, -0.2) is 4.79 Å². The van der Waals surface area contributed by atoms with Crippen LogP contribution in [0.4, 0.5) is 4.79 Å². The van der Waals surface area contributed by atoms with E-state index in [1.165, 1.54) is 5.56 Å². The van der Waals surface area contributed by atoms with Crippen LogP contribution in [0.3, 0.4) is 0 Å². The lowest BCUT2D eigenvalue weighted by molar-refractivity contribution is 0.120. The highest BCUT2D eigenvalue weighted by Crippen LogP contribution is 2.14. The largest absolute Gasteiger partial charge is 0.449 e. The molecule has 1 N–H and O–H groups in total. The van der Waals surface area contributed by atoms with Crippen molar-refractivity contribution >= 4 is 6.09 Å². The molecular weight excluding hydrogens is 264 g/mol. The quantitative estimate of drug-likeness (QED) is 0.906. The van der Waals surface area contributed by atoms with E-state index in [1.807, 2.05) is 19.9 Å². The predicted molar refractivity (Wildman–Crippen MR) is 84.1 cm³/mol. The molecule has 0 unspecified atom stereocenters. The van der Waals surface area contributed by atoms with E-state index in [2.05, 4.69) is 34.5 Å². The lowest BCUT2D eigenvalue weighted by Gasteiger charge is -2.32. The summed E-state index contributed by atoms with van der Waals surface area (Å²) in [5.41, 5.74) is 1.35. The molecule has 1 heterocycles. The van der Waals surface area contributed by atoms with Gasteiger partial charge in [0.15, 0.2) is 0 Å². The highest BCUT2D eigenvalue weighted by molar-refractivity contribution is 5.67. The van der Waals surface area contributed by atoms with Gasteiger partial charge in [-0.1, -0.05) is 44.2 Å². The summed E-state index contributed by atoms with van der Waals surface area (Å²) in [6.07, 6.45) is 1.71. The summed E-state index contributed by atoms with van der Waals surface area (Å²) in [4.78, 5) is 14.1. The van der Waals surface area contributed by atoms with Crippen molar-refractivity contribution in [2.45, 2.75) is 39.3 Å². The monoisotopic (exact) mass is 290 g/mol. The van der Waals surface area contributed by atoms with Crippen LogP contribution in [0.5, 0.6) is 0 Å². The third kappa shape index (κ3) is 5.76. The summed E-state index contributed by atoms with van der Waals surface area (Å²) in [5, 5.41) is 2.97. The minimum atomic E-state index is -0.273. The fourth-order valence-corrected chi connectivity index (χ4v) is 2.53. The molecule has 0 bridgehead atoms. The highest BCUT2D eigenvalue weighted by atomic mass is 16.5. The topological polar surface area (TPSA) is 41.6 Å². The molecule has 1 saturated heterocycles. The van der Waals surface area contributed by atoms with Crippen molar-refractivity contribution in [2.75, 3.05) is 19.7 Å². The Hall–Kier alpha value is -1.55. The molecule has 116 valence electrons. The number of carbonyl (C=O) groups excluding carboxylic acids is 1. The fraction of sp³-hybridized carbons (Fsp3) is 0.588. The number of rotatable bonds is 5. The SMILES string of the molecule is CC(C)COC(=O)NC1CCN(Cc2ccccc2)CC1. The van der Waals surface area contributed by atoms with E-state index in [1.54, 1.807) is 0 Å². The second kappa shape index (κ2) is 8.03. The Balaban J connectivity index is 1.67. The normalized spacial score (nSPS) is 16.9. The van der Waals surface area contributed by atoms with E-state index in [-0.39, 0.29) is 12.1 Å². The lowest BCUT2D eigenvalue weighted by Crippen LogP contribution is -2.44. The highest BCUT2D eigenvalue weighted by Gasteiger charge is 2.21. The maximum atomic E-state index is 11.6. The van der Waals surface area contributed by atoms with Gasteiger partial charge in [-0.05, 0) is 24.3 Å². The first kappa shape index (κ1) is 15.8. The molecule has 0 saturated carbocycles. The van der Waals surface area contributed by atoms with Gasteiger partial charge in [-0.2, -0.15) is 0 Å². The molecule has 1 aromatic rings. The van der Waals surface area contributed by atoms with Crippen molar-refractivity contribution in [3.63, 3.8) is 0 Å². The summed E-state index contributed by atoms with van der Waals surface area (Å²) < 4.78 is 5.17. The zero-order valence-electron chi connectivity index (χ0n) is 13.0. The number of nitrogens with one attached hydrogen (secondary N) is 1. The number of ether oxygens (including phenoxy) is 1. The molecule has 0 spiro atoms. The number of alkyl carbamates (subject to hydrolysis) is 1. The number of carbonyl (C=O) groups is 1. The molecular formula is C17H26N2O2. The maximum Gasteiger partial charge on any atom is 0.407 e. The second-order valence-corrected chi connectivity index (χ2v) is 6.17. The van der Waals surface area contributed by atoms with Crippen LogP contribution in [0.2, 0.25) is 0 Å². The fourth-order valence-electron chi connectivity index (χ4n) is 2.53. The van der Waals surface area contributed by atoms with Crippen LogP contribution < -0.4 is 5.32 Å². The summed E-state index contributed by atoms with van der Waals surface area (Å²) in [6.45, 7) is 7.59. The zero-order valence-corrected chi connectivity index (χ0v) is 13.0. The van der Waals surface area contributed by atoms with Crippen LogP contribution in [0, 0.1) is 5.92 Å². The van der Waals surface area contributed by atoms with E-state index < -0.39 is 0 Å². The molecule has 4 heteroatoms. The van der Waals surface area contributed by atoms with Gasteiger partial charge >= 0.3 is 6.09 Å². The van der Waals surface area contributed by atoms with Crippen LogP contribution in [-0.2, 0) is 11.3 Å². The number of likely N-dealkylation sites (tertiary alicyclic amines) is 1. The van der Waals surface area contributed by atoms with E-state index in [4.69, 9.17) is 4.74 Å². The maximum absolute atomic E-state index is 11.6. The van der Waals surface area contributed by atoms with Crippen LogP contribution in [0.1, 0.15) is 32.3 Å². The molecule has 0 radical (unpaired) electrons. The van der Waals surface area contributed by atoms with Crippen molar-refractivity contribution in [3.8, 4) is 0 Å². The first-order valence-corrected chi connectivity index (χ1v) is 7.83. The van der Waals surface area contributed by atoms with Gasteiger partial charge in [0.2, 0.25) is 0 Å². The van der Waals surface area contributed by atoms with Gasteiger partial charge in [0, 0.05) is 25.7 Å². The summed E-state index contributed by atoms with van der Waals surface area (Å²) in [6, 6.07) is 10.8. The van der Waals surface area contributed by atoms with Gasteiger partial charge in [-0.15, -0.1) is 0 Å². The molecule has 1 fully saturated rings. The van der Waals surface area contributed by atoms with Crippen LogP contribution >= 0.6 is 0 Å². The van der Waals surface area contributed by atoms with Gasteiger partial charge in [0.1, 0.15) is 0 Å². The summed E-state index contributed by atoms with van der Waals surface area (Å²) in [5.74, 6) is 0.378. The molecule has 21 heavy (non-hydrogen) atoms. The molecule has 0 aliphatic carbocycles. The first-order valence-electron chi connectivity index (χ1n) is 7.83. The number of hydrogen-bond donors (Lipinski definition) is 1. The standard InChI is InChI=1S/C17H26N2O2/c1-14(2)13-21-17(20)18-16-8-10-19(11-9-16)12-15-6-4-3-5-7-15/h3-7,14,16H,8-13H2,1-2H3,(H,18,20). The molecule has 1 amide bonds. The molecule has 1 aromatic carbocycles. The van der Waals surface area contributed by atoms with Gasteiger partial charge < -0.3 is 10.1 Å². The Morgan fingerprint density at radius 1 is 1.29 bits per heavy atom. The van der Waals surface area contributed by atoms with Crippen molar-refractivity contribution in [2.24, 2.45) is 5.92 Å². The molecule has 1 aliphatic heterocycles. The van der Waals surface area contributed by atoms with Gasteiger partial charge in [0.05, 0.1) is 6.61 Å². The van der Waals surface area contributed by atoms with E-state index in [0.29, 0.717) is 12.5 Å². The lowest BCUT2D eigenvalue weighted by atomic mass is 10.0. The summed E-state index contributed by atoms with van der Waals surface area (Å²) >= 11 is 0. The van der Waals surface area contributed by atoms with Crippen molar-refractivity contribution in [1.82, 2.24) is 10.2 Å². The minimum absolute atomic E-state index is 0.247. The third-order valence-electron chi connectivity index (χ3n) is 3.71. The number of hydrogen-bond acceptors (Lipinski definition) is 3. The Labute approximate surface area is 127 Å². The van der Waals surface area contributed by atoms with Gasteiger partial charge in [-0.3, -0.25) is 4.90 Å². The first-order chi connectivity index (χ1) is 10.1. The second-order valence-electron chi connectivity index (χ2n) is 6.17. The Morgan fingerprint density at radius 3 is 2.57 bits per heavy atom.